The summed E-state index contributed by atoms with van der Waals surface area (Å²) < 4.78 is 1.08. The summed E-state index contributed by atoms with van der Waals surface area (Å²) in [5.74, 6) is 0.373. The van der Waals surface area contributed by atoms with Gasteiger partial charge in [-0.15, -0.1) is 0 Å². The van der Waals surface area contributed by atoms with Gasteiger partial charge in [0.25, 0.3) is 0 Å². The summed E-state index contributed by atoms with van der Waals surface area (Å²) in [5.41, 5.74) is 1.70. The average Bonchev–Trinajstić information content (AvgIpc) is 2.47. The fraction of sp³-hybridized carbons (Fsp3) is 0.538. The van der Waals surface area contributed by atoms with Crippen molar-refractivity contribution in [3.63, 3.8) is 0 Å². The second-order valence-corrected chi connectivity index (χ2v) is 5.59. The Morgan fingerprint density at radius 2 is 2.20 bits per heavy atom. The van der Waals surface area contributed by atoms with Gasteiger partial charge in [-0.2, -0.15) is 0 Å². The largest absolute Gasteiger partial charge is 0.385 e. The fourth-order valence-corrected chi connectivity index (χ4v) is 3.15. The molecular weight excluding hydrogens is 252 g/mol. The molecule has 1 aromatic carbocycles. The summed E-state index contributed by atoms with van der Waals surface area (Å²) >= 11 is 3.46. The molecule has 2 rings (SSSR count). The summed E-state index contributed by atoms with van der Waals surface area (Å²) in [5, 5.41) is 10.7. The van der Waals surface area contributed by atoms with Crippen molar-refractivity contribution >= 4 is 15.9 Å². The van der Waals surface area contributed by atoms with Gasteiger partial charge in [0.15, 0.2) is 0 Å². The number of hydrogen-bond acceptors (Lipinski definition) is 1. The molecule has 0 bridgehead atoms. The van der Waals surface area contributed by atoms with Gasteiger partial charge in [-0.25, -0.2) is 0 Å². The van der Waals surface area contributed by atoms with Crippen LogP contribution in [-0.2, 0) is 5.60 Å². The first kappa shape index (κ1) is 11.2. The van der Waals surface area contributed by atoms with E-state index in [0.717, 1.165) is 29.3 Å². The SMILES string of the molecule is Cc1cc(Br)ccc1C1(O)CCCC1C. The van der Waals surface area contributed by atoms with Crippen molar-refractivity contribution in [3.8, 4) is 0 Å². The number of rotatable bonds is 1. The third-order valence-electron chi connectivity index (χ3n) is 3.67. The molecule has 0 radical (unpaired) electrons. The molecule has 1 saturated carbocycles. The van der Waals surface area contributed by atoms with Gasteiger partial charge < -0.3 is 5.11 Å². The highest BCUT2D eigenvalue weighted by atomic mass is 79.9. The minimum absolute atomic E-state index is 0.373. The van der Waals surface area contributed by atoms with Crippen LogP contribution in [0.25, 0.3) is 0 Å². The van der Waals surface area contributed by atoms with Gasteiger partial charge in [0.1, 0.15) is 0 Å². The van der Waals surface area contributed by atoms with Crippen LogP contribution in [0, 0.1) is 12.8 Å². The van der Waals surface area contributed by atoms with Crippen molar-refractivity contribution in [1.29, 1.82) is 0 Å². The zero-order chi connectivity index (χ0) is 11.1. The molecule has 0 heterocycles. The Hall–Kier alpha value is -0.340. The number of hydrogen-bond donors (Lipinski definition) is 1. The molecule has 0 aromatic heterocycles. The maximum atomic E-state index is 10.7. The maximum Gasteiger partial charge on any atom is 0.0924 e. The van der Waals surface area contributed by atoms with Crippen LogP contribution in [0.15, 0.2) is 22.7 Å². The van der Waals surface area contributed by atoms with Gasteiger partial charge in [-0.05, 0) is 55.4 Å². The zero-order valence-electron chi connectivity index (χ0n) is 9.26. The first-order chi connectivity index (χ1) is 7.04. The second kappa shape index (κ2) is 3.91. The highest BCUT2D eigenvalue weighted by molar-refractivity contribution is 9.10. The van der Waals surface area contributed by atoms with Crippen LogP contribution in [0.4, 0.5) is 0 Å². The van der Waals surface area contributed by atoms with Crippen LogP contribution in [0.1, 0.15) is 37.3 Å². The summed E-state index contributed by atoms with van der Waals surface area (Å²) in [4.78, 5) is 0. The Labute approximate surface area is 99.6 Å². The average molecular weight is 269 g/mol. The molecule has 1 N–H and O–H groups in total. The van der Waals surface area contributed by atoms with E-state index in [1.165, 1.54) is 5.56 Å². The topological polar surface area (TPSA) is 20.2 Å². The lowest BCUT2D eigenvalue weighted by Gasteiger charge is -2.30. The Morgan fingerprint density at radius 3 is 2.73 bits per heavy atom. The molecule has 0 amide bonds. The molecule has 0 aliphatic heterocycles. The molecule has 15 heavy (non-hydrogen) atoms. The highest BCUT2D eigenvalue weighted by Crippen LogP contribution is 2.44. The number of halogens is 1. The third kappa shape index (κ3) is 1.85. The zero-order valence-corrected chi connectivity index (χ0v) is 10.8. The molecule has 2 unspecified atom stereocenters. The van der Waals surface area contributed by atoms with E-state index in [1.807, 2.05) is 6.07 Å². The molecule has 0 spiro atoms. The van der Waals surface area contributed by atoms with Gasteiger partial charge in [0.2, 0.25) is 0 Å². The van der Waals surface area contributed by atoms with E-state index in [-0.39, 0.29) is 0 Å². The summed E-state index contributed by atoms with van der Waals surface area (Å²) in [6.07, 6.45) is 3.16. The Morgan fingerprint density at radius 1 is 1.47 bits per heavy atom. The predicted molar refractivity (Wildman–Crippen MR) is 65.8 cm³/mol. The monoisotopic (exact) mass is 268 g/mol. The van der Waals surface area contributed by atoms with Crippen LogP contribution in [0.3, 0.4) is 0 Å². The van der Waals surface area contributed by atoms with Crippen molar-refractivity contribution < 1.29 is 5.11 Å². The van der Waals surface area contributed by atoms with E-state index in [2.05, 4.69) is 41.9 Å². The van der Waals surface area contributed by atoms with Crippen LogP contribution < -0.4 is 0 Å². The van der Waals surface area contributed by atoms with Crippen LogP contribution in [0.2, 0.25) is 0 Å². The van der Waals surface area contributed by atoms with Gasteiger partial charge >= 0.3 is 0 Å². The number of aliphatic hydroxyl groups is 1. The molecule has 1 aliphatic carbocycles. The molecule has 2 heteroatoms. The summed E-state index contributed by atoms with van der Waals surface area (Å²) in [6, 6.07) is 6.16. The van der Waals surface area contributed by atoms with Crippen LogP contribution >= 0.6 is 15.9 Å². The molecular formula is C13H17BrO. The minimum atomic E-state index is -0.592. The lowest BCUT2D eigenvalue weighted by molar-refractivity contribution is 0.00390. The minimum Gasteiger partial charge on any atom is -0.385 e. The predicted octanol–water partition coefficient (Wildman–Crippen LogP) is 3.77. The first-order valence-electron chi connectivity index (χ1n) is 5.53. The summed E-state index contributed by atoms with van der Waals surface area (Å²) in [6.45, 7) is 4.22. The van der Waals surface area contributed by atoms with E-state index in [9.17, 15) is 5.11 Å². The quantitative estimate of drug-likeness (QED) is 0.822. The summed E-state index contributed by atoms with van der Waals surface area (Å²) in [7, 11) is 0. The molecule has 1 aromatic rings. The van der Waals surface area contributed by atoms with Crippen molar-refractivity contribution in [1.82, 2.24) is 0 Å². The lowest BCUT2D eigenvalue weighted by Crippen LogP contribution is -2.29. The van der Waals surface area contributed by atoms with Crippen LogP contribution in [0.5, 0.6) is 0 Å². The Bertz CT molecular complexity index is 375. The van der Waals surface area contributed by atoms with Gasteiger partial charge in [-0.3, -0.25) is 0 Å². The molecule has 82 valence electrons. The smallest absolute Gasteiger partial charge is 0.0924 e. The first-order valence-corrected chi connectivity index (χ1v) is 6.32. The maximum absolute atomic E-state index is 10.7. The Kier molecular flexibility index (Phi) is 2.91. The van der Waals surface area contributed by atoms with E-state index >= 15 is 0 Å². The number of aryl methyl sites for hydroxylation is 1. The van der Waals surface area contributed by atoms with E-state index < -0.39 is 5.60 Å². The van der Waals surface area contributed by atoms with Crippen molar-refractivity contribution in [2.24, 2.45) is 5.92 Å². The van der Waals surface area contributed by atoms with Gasteiger partial charge in [0.05, 0.1) is 5.60 Å². The van der Waals surface area contributed by atoms with Crippen molar-refractivity contribution in [3.05, 3.63) is 33.8 Å². The molecule has 1 aliphatic rings. The molecule has 1 nitrogen and oxygen atoms in total. The Balaban J connectivity index is 2.44. The van der Waals surface area contributed by atoms with Gasteiger partial charge in [0, 0.05) is 4.47 Å². The number of benzene rings is 1. The van der Waals surface area contributed by atoms with Crippen LogP contribution in [-0.4, -0.2) is 5.11 Å². The van der Waals surface area contributed by atoms with E-state index in [0.29, 0.717) is 5.92 Å². The second-order valence-electron chi connectivity index (χ2n) is 4.68. The normalized spacial score (nSPS) is 30.8. The molecule has 2 atom stereocenters. The van der Waals surface area contributed by atoms with Crippen molar-refractivity contribution in [2.75, 3.05) is 0 Å². The third-order valence-corrected chi connectivity index (χ3v) is 4.16. The molecule has 1 fully saturated rings. The highest BCUT2D eigenvalue weighted by Gasteiger charge is 2.40. The van der Waals surface area contributed by atoms with Gasteiger partial charge in [-0.1, -0.05) is 28.9 Å². The van der Waals surface area contributed by atoms with E-state index in [4.69, 9.17) is 0 Å². The fourth-order valence-electron chi connectivity index (χ4n) is 2.68. The lowest BCUT2D eigenvalue weighted by atomic mass is 9.83. The molecule has 0 saturated heterocycles. The van der Waals surface area contributed by atoms with Crippen molar-refractivity contribution in [2.45, 2.75) is 38.7 Å². The standard InChI is InChI=1S/C13H17BrO/c1-9-8-11(14)5-6-12(9)13(15)7-3-4-10(13)2/h5-6,8,10,15H,3-4,7H2,1-2H3. The van der Waals surface area contributed by atoms with E-state index in [1.54, 1.807) is 0 Å².